The van der Waals surface area contributed by atoms with Crippen LogP contribution in [0.3, 0.4) is 0 Å². The van der Waals surface area contributed by atoms with Gasteiger partial charge < -0.3 is 4.74 Å². The highest BCUT2D eigenvalue weighted by Crippen LogP contribution is 2.48. The van der Waals surface area contributed by atoms with Gasteiger partial charge in [0.15, 0.2) is 11.6 Å². The molecule has 0 N–H and O–H groups in total. The van der Waals surface area contributed by atoms with Crippen molar-refractivity contribution in [3.63, 3.8) is 0 Å². The maximum Gasteiger partial charge on any atom is 0.165 e. The predicted octanol–water partition coefficient (Wildman–Crippen LogP) is 6.27. The topological polar surface area (TPSA) is 9.23 Å². The van der Waals surface area contributed by atoms with Crippen LogP contribution in [0, 0.1) is 23.6 Å². The van der Waals surface area contributed by atoms with Gasteiger partial charge in [-0.3, -0.25) is 0 Å². The maximum absolute atomic E-state index is 14.3. The average Bonchev–Trinajstić information content (AvgIpc) is 2.62. The van der Waals surface area contributed by atoms with Crippen molar-refractivity contribution < 1.29 is 9.13 Å². The van der Waals surface area contributed by atoms with Gasteiger partial charge in [0.2, 0.25) is 0 Å². The summed E-state index contributed by atoms with van der Waals surface area (Å²) in [7, 11) is 0. The van der Waals surface area contributed by atoms with Gasteiger partial charge in [-0.1, -0.05) is 24.3 Å². The van der Waals surface area contributed by atoms with Crippen LogP contribution in [0.15, 0.2) is 43.0 Å². The molecule has 0 radical (unpaired) electrons. The molecule has 3 rings (SSSR count). The Bertz CT molecular complexity index is 592. The smallest absolute Gasteiger partial charge is 0.165 e. The first-order valence-corrected chi connectivity index (χ1v) is 9.37. The lowest BCUT2D eigenvalue weighted by Crippen LogP contribution is -2.29. The predicted molar refractivity (Wildman–Crippen MR) is 97.8 cm³/mol. The Balaban J connectivity index is 1.63. The van der Waals surface area contributed by atoms with Crippen LogP contribution in [0.4, 0.5) is 4.39 Å². The highest BCUT2D eigenvalue weighted by molar-refractivity contribution is 5.32. The van der Waals surface area contributed by atoms with E-state index < -0.39 is 0 Å². The zero-order chi connectivity index (χ0) is 16.9. The summed E-state index contributed by atoms with van der Waals surface area (Å²) in [5.41, 5.74) is 1.15. The fourth-order valence-electron chi connectivity index (χ4n) is 4.56. The van der Waals surface area contributed by atoms with Crippen LogP contribution >= 0.6 is 0 Å². The maximum atomic E-state index is 14.3. The zero-order valence-corrected chi connectivity index (χ0v) is 14.7. The Morgan fingerprint density at radius 3 is 2.71 bits per heavy atom. The Labute approximate surface area is 145 Å². The Morgan fingerprint density at radius 2 is 1.96 bits per heavy atom. The van der Waals surface area contributed by atoms with Crippen molar-refractivity contribution in [2.24, 2.45) is 17.8 Å². The van der Waals surface area contributed by atoms with Crippen LogP contribution in [0.1, 0.15) is 56.9 Å². The number of benzene rings is 1. The standard InChI is InChI=1S/C22H29FO/c1-3-5-12-24-22-11-10-20(15-21(22)23)19-9-8-17-13-16(4-2)6-7-18(17)14-19/h3-5,10-11,15-19H,2,6-9,12-14H2,1H3/b5-3+. The van der Waals surface area contributed by atoms with Gasteiger partial charge in [0, 0.05) is 0 Å². The molecule has 0 amide bonds. The summed E-state index contributed by atoms with van der Waals surface area (Å²) in [4.78, 5) is 0. The molecule has 24 heavy (non-hydrogen) atoms. The van der Waals surface area contributed by atoms with E-state index in [1.807, 2.05) is 19.1 Å². The summed E-state index contributed by atoms with van der Waals surface area (Å²) in [6.45, 7) is 6.32. The van der Waals surface area contributed by atoms with Crippen LogP contribution in [-0.4, -0.2) is 6.61 Å². The number of allylic oxidation sites excluding steroid dienone is 2. The second kappa shape index (κ2) is 8.00. The van der Waals surface area contributed by atoms with E-state index in [0.29, 0.717) is 24.2 Å². The molecule has 4 atom stereocenters. The zero-order valence-electron chi connectivity index (χ0n) is 14.7. The summed E-state index contributed by atoms with van der Waals surface area (Å²) in [6, 6.07) is 5.56. The summed E-state index contributed by atoms with van der Waals surface area (Å²) >= 11 is 0. The lowest BCUT2D eigenvalue weighted by Gasteiger charge is -2.41. The van der Waals surface area contributed by atoms with E-state index in [4.69, 9.17) is 4.74 Å². The molecule has 0 aromatic heterocycles. The van der Waals surface area contributed by atoms with Gasteiger partial charge in [-0.25, -0.2) is 4.39 Å². The first kappa shape index (κ1) is 17.3. The SMILES string of the molecule is C=CC1CCC2CC(c3ccc(OC/C=C/C)c(F)c3)CCC2C1. The van der Waals surface area contributed by atoms with Gasteiger partial charge >= 0.3 is 0 Å². The largest absolute Gasteiger partial charge is 0.486 e. The van der Waals surface area contributed by atoms with Crippen LogP contribution in [0.2, 0.25) is 0 Å². The molecule has 1 aromatic rings. The molecule has 0 bridgehead atoms. The van der Waals surface area contributed by atoms with Gasteiger partial charge in [-0.15, -0.1) is 6.58 Å². The van der Waals surface area contributed by atoms with Crippen molar-refractivity contribution in [1.29, 1.82) is 0 Å². The molecule has 4 unspecified atom stereocenters. The summed E-state index contributed by atoms with van der Waals surface area (Å²) in [5, 5.41) is 0. The molecule has 2 aliphatic rings. The van der Waals surface area contributed by atoms with Crippen molar-refractivity contribution in [2.75, 3.05) is 6.61 Å². The minimum absolute atomic E-state index is 0.227. The number of halogens is 1. The third kappa shape index (κ3) is 3.91. The molecule has 130 valence electrons. The average molecular weight is 328 g/mol. The monoisotopic (exact) mass is 328 g/mol. The van der Waals surface area contributed by atoms with Crippen molar-refractivity contribution in [3.8, 4) is 5.75 Å². The van der Waals surface area contributed by atoms with E-state index in [1.54, 1.807) is 12.1 Å². The van der Waals surface area contributed by atoms with E-state index in [-0.39, 0.29) is 5.82 Å². The van der Waals surface area contributed by atoms with E-state index in [9.17, 15) is 4.39 Å². The molecule has 2 fully saturated rings. The van der Waals surface area contributed by atoms with E-state index in [2.05, 4.69) is 18.7 Å². The normalized spacial score (nSPS) is 30.1. The number of hydrogen-bond donors (Lipinski definition) is 0. The Hall–Kier alpha value is -1.57. The molecule has 1 aromatic carbocycles. The molecule has 1 nitrogen and oxygen atoms in total. The van der Waals surface area contributed by atoms with Crippen molar-refractivity contribution >= 4 is 0 Å². The second-order valence-electron chi connectivity index (χ2n) is 7.41. The molecular formula is C22H29FO. The first-order valence-electron chi connectivity index (χ1n) is 9.37. The van der Waals surface area contributed by atoms with Gasteiger partial charge in [0.05, 0.1) is 0 Å². The Kier molecular flexibility index (Phi) is 5.76. The van der Waals surface area contributed by atoms with Crippen LogP contribution in [0.25, 0.3) is 0 Å². The highest BCUT2D eigenvalue weighted by atomic mass is 19.1. The third-order valence-electron chi connectivity index (χ3n) is 5.99. The van der Waals surface area contributed by atoms with Gasteiger partial charge in [0.25, 0.3) is 0 Å². The quantitative estimate of drug-likeness (QED) is 0.579. The fraction of sp³-hybridized carbons (Fsp3) is 0.545. The summed E-state index contributed by atoms with van der Waals surface area (Å²) in [6.07, 6.45) is 13.5. The minimum atomic E-state index is -0.227. The number of rotatable bonds is 5. The molecule has 2 saturated carbocycles. The van der Waals surface area contributed by atoms with E-state index in [1.165, 1.54) is 38.5 Å². The molecule has 0 spiro atoms. The van der Waals surface area contributed by atoms with E-state index >= 15 is 0 Å². The molecule has 0 heterocycles. The number of hydrogen-bond acceptors (Lipinski definition) is 1. The van der Waals surface area contributed by atoms with Crippen LogP contribution < -0.4 is 4.74 Å². The number of fused-ring (bicyclic) bond motifs is 1. The van der Waals surface area contributed by atoms with Crippen molar-refractivity contribution in [2.45, 2.75) is 51.4 Å². The summed E-state index contributed by atoms with van der Waals surface area (Å²) < 4.78 is 19.8. The number of ether oxygens (including phenoxy) is 1. The van der Waals surface area contributed by atoms with Gasteiger partial charge in [0.1, 0.15) is 6.61 Å². The molecule has 0 aliphatic heterocycles. The fourth-order valence-corrected chi connectivity index (χ4v) is 4.56. The lowest BCUT2D eigenvalue weighted by molar-refractivity contribution is 0.133. The molecular weight excluding hydrogens is 299 g/mol. The third-order valence-corrected chi connectivity index (χ3v) is 5.99. The van der Waals surface area contributed by atoms with Crippen molar-refractivity contribution in [3.05, 3.63) is 54.4 Å². The second-order valence-corrected chi connectivity index (χ2v) is 7.41. The lowest BCUT2D eigenvalue weighted by atomic mass is 9.64. The van der Waals surface area contributed by atoms with Crippen LogP contribution in [-0.2, 0) is 0 Å². The van der Waals surface area contributed by atoms with Gasteiger partial charge in [-0.05, 0) is 86.8 Å². The Morgan fingerprint density at radius 1 is 1.17 bits per heavy atom. The first-order chi connectivity index (χ1) is 11.7. The molecule has 0 saturated heterocycles. The van der Waals surface area contributed by atoms with Crippen LogP contribution in [0.5, 0.6) is 5.75 Å². The molecule has 2 aliphatic carbocycles. The minimum Gasteiger partial charge on any atom is -0.486 e. The summed E-state index contributed by atoms with van der Waals surface area (Å²) in [5.74, 6) is 3.02. The van der Waals surface area contributed by atoms with Crippen molar-refractivity contribution in [1.82, 2.24) is 0 Å². The van der Waals surface area contributed by atoms with E-state index in [0.717, 1.165) is 17.4 Å². The van der Waals surface area contributed by atoms with Gasteiger partial charge in [-0.2, -0.15) is 0 Å². The molecule has 2 heteroatoms. The highest BCUT2D eigenvalue weighted by Gasteiger charge is 2.35.